The van der Waals surface area contributed by atoms with Gasteiger partial charge in [-0.1, -0.05) is 36.5 Å². The van der Waals surface area contributed by atoms with Gasteiger partial charge in [0, 0.05) is 18.0 Å². The van der Waals surface area contributed by atoms with Crippen LogP contribution in [0.25, 0.3) is 10.8 Å². The Bertz CT molecular complexity index is 657. The molecule has 0 fully saturated rings. The van der Waals surface area contributed by atoms with E-state index in [9.17, 15) is 9.18 Å². The first-order valence-electron chi connectivity index (χ1n) is 5.71. The van der Waals surface area contributed by atoms with Crippen molar-refractivity contribution < 1.29 is 9.18 Å². The summed E-state index contributed by atoms with van der Waals surface area (Å²) in [7, 11) is 1.61. The number of carbonyl (C=O) groups is 1. The predicted octanol–water partition coefficient (Wildman–Crippen LogP) is 2.34. The molecule has 0 atom stereocenters. The lowest BCUT2D eigenvalue weighted by molar-refractivity contribution is 0.0817. The van der Waals surface area contributed by atoms with Crippen molar-refractivity contribution in [3.8, 4) is 0 Å². The lowest BCUT2D eigenvalue weighted by Gasteiger charge is -2.17. The molecule has 0 aromatic heterocycles. The van der Waals surface area contributed by atoms with Crippen LogP contribution < -0.4 is 5.73 Å². The van der Waals surface area contributed by atoms with Crippen molar-refractivity contribution in [1.82, 2.24) is 4.90 Å². The summed E-state index contributed by atoms with van der Waals surface area (Å²) in [4.78, 5) is 14.0. The fraction of sp³-hybridized carbons (Fsp3) is 0.143. The fourth-order valence-corrected chi connectivity index (χ4v) is 2.15. The van der Waals surface area contributed by atoms with Gasteiger partial charge in [-0.05, 0) is 17.5 Å². The van der Waals surface area contributed by atoms with Gasteiger partial charge in [-0.25, -0.2) is 4.39 Å². The molecule has 3 nitrogen and oxygen atoms in total. The van der Waals surface area contributed by atoms with Gasteiger partial charge in [-0.2, -0.15) is 0 Å². The third-order valence-electron chi connectivity index (χ3n) is 2.84. The SMILES string of the molecule is CN(CC(N)=S)C(=O)c1ccc(F)c2ccccc12. The smallest absolute Gasteiger partial charge is 0.254 e. The molecule has 2 aromatic carbocycles. The van der Waals surface area contributed by atoms with E-state index in [1.54, 1.807) is 31.3 Å². The number of nitrogens with two attached hydrogens (primary N) is 1. The van der Waals surface area contributed by atoms with E-state index in [4.69, 9.17) is 18.0 Å². The number of hydrogen-bond acceptors (Lipinski definition) is 2. The highest BCUT2D eigenvalue weighted by molar-refractivity contribution is 7.80. The maximum absolute atomic E-state index is 13.7. The van der Waals surface area contributed by atoms with E-state index >= 15 is 0 Å². The summed E-state index contributed by atoms with van der Waals surface area (Å²) in [5, 5.41) is 1.01. The van der Waals surface area contributed by atoms with E-state index in [0.717, 1.165) is 0 Å². The predicted molar refractivity (Wildman–Crippen MR) is 77.7 cm³/mol. The number of amides is 1. The molecular weight excluding hydrogens is 263 g/mol. The average molecular weight is 276 g/mol. The van der Waals surface area contributed by atoms with Crippen LogP contribution in [0, 0.1) is 5.82 Å². The maximum Gasteiger partial charge on any atom is 0.254 e. The Labute approximate surface area is 115 Å². The minimum Gasteiger partial charge on any atom is -0.392 e. The first-order valence-corrected chi connectivity index (χ1v) is 6.12. The monoisotopic (exact) mass is 276 g/mol. The second-order valence-electron chi connectivity index (χ2n) is 4.27. The summed E-state index contributed by atoms with van der Waals surface area (Å²) in [6.45, 7) is 0.194. The Kier molecular flexibility index (Phi) is 3.76. The van der Waals surface area contributed by atoms with Crippen LogP contribution in [0.2, 0.25) is 0 Å². The minimum atomic E-state index is -0.343. The van der Waals surface area contributed by atoms with Crippen molar-refractivity contribution in [2.75, 3.05) is 13.6 Å². The van der Waals surface area contributed by atoms with Crippen LogP contribution in [0.5, 0.6) is 0 Å². The third kappa shape index (κ3) is 2.71. The first-order chi connectivity index (χ1) is 9.00. The highest BCUT2D eigenvalue weighted by Crippen LogP contribution is 2.22. The third-order valence-corrected chi connectivity index (χ3v) is 2.97. The number of nitrogens with zero attached hydrogens (tertiary/aromatic N) is 1. The molecule has 0 saturated carbocycles. The second-order valence-corrected chi connectivity index (χ2v) is 4.79. The van der Waals surface area contributed by atoms with Crippen LogP contribution in [0.3, 0.4) is 0 Å². The van der Waals surface area contributed by atoms with Crippen molar-refractivity contribution in [3.05, 3.63) is 47.8 Å². The van der Waals surface area contributed by atoms with Gasteiger partial charge < -0.3 is 10.6 Å². The fourth-order valence-electron chi connectivity index (χ4n) is 1.96. The molecule has 0 spiro atoms. The van der Waals surface area contributed by atoms with Crippen LogP contribution in [0.1, 0.15) is 10.4 Å². The molecule has 0 bridgehead atoms. The number of thiocarbonyl (C=S) groups is 1. The van der Waals surface area contributed by atoms with Crippen LogP contribution in [-0.4, -0.2) is 29.4 Å². The zero-order valence-electron chi connectivity index (χ0n) is 10.4. The minimum absolute atomic E-state index is 0.194. The van der Waals surface area contributed by atoms with Gasteiger partial charge in [0.2, 0.25) is 0 Å². The first kappa shape index (κ1) is 13.4. The van der Waals surface area contributed by atoms with Crippen LogP contribution in [-0.2, 0) is 0 Å². The number of benzene rings is 2. The Morgan fingerprint density at radius 1 is 1.26 bits per heavy atom. The van der Waals surface area contributed by atoms with E-state index in [1.165, 1.54) is 17.0 Å². The number of halogens is 1. The summed E-state index contributed by atoms with van der Waals surface area (Å²) < 4.78 is 13.7. The Morgan fingerprint density at radius 2 is 1.89 bits per heavy atom. The molecule has 19 heavy (non-hydrogen) atoms. The molecule has 2 rings (SSSR count). The Hall–Kier alpha value is -2.01. The molecule has 0 aliphatic heterocycles. The van der Waals surface area contributed by atoms with Crippen LogP contribution >= 0.6 is 12.2 Å². The van der Waals surface area contributed by atoms with Gasteiger partial charge in [0.15, 0.2) is 0 Å². The van der Waals surface area contributed by atoms with E-state index in [1.807, 2.05) is 0 Å². The molecule has 1 amide bonds. The van der Waals surface area contributed by atoms with Gasteiger partial charge >= 0.3 is 0 Å². The number of fused-ring (bicyclic) bond motifs is 1. The standard InChI is InChI=1S/C14H13FN2OS/c1-17(8-13(16)19)14(18)11-6-7-12(15)10-5-3-2-4-9(10)11/h2-7H,8H2,1H3,(H2,16,19). The average Bonchev–Trinajstić information content (AvgIpc) is 2.38. The molecule has 0 saturated heterocycles. The number of carbonyl (C=O) groups excluding carboxylic acids is 1. The van der Waals surface area contributed by atoms with Gasteiger partial charge in [-0.15, -0.1) is 0 Å². The number of hydrogen-bond donors (Lipinski definition) is 1. The van der Waals surface area contributed by atoms with E-state index in [0.29, 0.717) is 16.3 Å². The van der Waals surface area contributed by atoms with Crippen molar-refractivity contribution in [2.45, 2.75) is 0 Å². The van der Waals surface area contributed by atoms with Gasteiger partial charge in [-0.3, -0.25) is 4.79 Å². The van der Waals surface area contributed by atoms with Crippen molar-refractivity contribution in [3.63, 3.8) is 0 Å². The van der Waals surface area contributed by atoms with Gasteiger partial charge in [0.05, 0.1) is 11.5 Å². The lowest BCUT2D eigenvalue weighted by atomic mass is 10.0. The molecule has 0 radical (unpaired) electrons. The Morgan fingerprint density at radius 3 is 2.53 bits per heavy atom. The van der Waals surface area contributed by atoms with E-state index in [-0.39, 0.29) is 23.3 Å². The maximum atomic E-state index is 13.7. The largest absolute Gasteiger partial charge is 0.392 e. The summed E-state index contributed by atoms with van der Waals surface area (Å²) >= 11 is 4.78. The quantitative estimate of drug-likeness (QED) is 0.875. The highest BCUT2D eigenvalue weighted by atomic mass is 32.1. The van der Waals surface area contributed by atoms with Gasteiger partial charge in [0.25, 0.3) is 5.91 Å². The van der Waals surface area contributed by atoms with Crippen molar-refractivity contribution in [2.24, 2.45) is 5.73 Å². The molecule has 0 aliphatic rings. The zero-order valence-corrected chi connectivity index (χ0v) is 11.2. The highest BCUT2D eigenvalue weighted by Gasteiger charge is 2.16. The molecule has 0 aliphatic carbocycles. The molecule has 0 unspecified atom stereocenters. The number of likely N-dealkylation sites (N-methyl/N-ethyl adjacent to an activating group) is 1. The molecule has 2 N–H and O–H groups in total. The molecular formula is C14H13FN2OS. The molecule has 0 heterocycles. The summed E-state index contributed by atoms with van der Waals surface area (Å²) in [6, 6.07) is 9.65. The van der Waals surface area contributed by atoms with Crippen LogP contribution in [0.15, 0.2) is 36.4 Å². The summed E-state index contributed by atoms with van der Waals surface area (Å²) in [6.07, 6.45) is 0. The van der Waals surface area contributed by atoms with Crippen molar-refractivity contribution >= 4 is 33.9 Å². The van der Waals surface area contributed by atoms with E-state index in [2.05, 4.69) is 0 Å². The topological polar surface area (TPSA) is 46.3 Å². The number of rotatable bonds is 3. The Balaban J connectivity index is 2.48. The molecule has 98 valence electrons. The lowest BCUT2D eigenvalue weighted by Crippen LogP contribution is -2.34. The second kappa shape index (κ2) is 5.32. The van der Waals surface area contributed by atoms with Gasteiger partial charge in [0.1, 0.15) is 5.82 Å². The molecule has 5 heteroatoms. The van der Waals surface area contributed by atoms with E-state index < -0.39 is 0 Å². The summed E-state index contributed by atoms with van der Waals surface area (Å²) in [5.41, 5.74) is 5.86. The van der Waals surface area contributed by atoms with Crippen LogP contribution in [0.4, 0.5) is 4.39 Å². The van der Waals surface area contributed by atoms with Crippen molar-refractivity contribution in [1.29, 1.82) is 0 Å². The molecule has 2 aromatic rings. The normalized spacial score (nSPS) is 10.4. The zero-order chi connectivity index (χ0) is 14.0. The summed E-state index contributed by atoms with van der Waals surface area (Å²) in [5.74, 6) is -0.576.